The number of anilines is 1. The molecule has 0 unspecified atom stereocenters. The van der Waals surface area contributed by atoms with Gasteiger partial charge in [0.25, 0.3) is 0 Å². The van der Waals surface area contributed by atoms with Gasteiger partial charge in [-0.15, -0.1) is 0 Å². The molecule has 7 heteroatoms. The first-order valence-corrected chi connectivity index (χ1v) is 8.32. The molecule has 0 saturated carbocycles. The summed E-state index contributed by atoms with van der Waals surface area (Å²) in [6.45, 7) is 5.12. The van der Waals surface area contributed by atoms with E-state index in [-0.39, 0.29) is 12.4 Å². The maximum Gasteiger partial charge on any atom is 0.171 e. The predicted octanol–water partition coefficient (Wildman–Crippen LogP) is 4.12. The molecule has 1 aromatic heterocycles. The van der Waals surface area contributed by atoms with Gasteiger partial charge in [-0.3, -0.25) is 4.68 Å². The van der Waals surface area contributed by atoms with Crippen LogP contribution in [0, 0.1) is 12.7 Å². The van der Waals surface area contributed by atoms with Crippen LogP contribution in [0.25, 0.3) is 0 Å². The minimum Gasteiger partial charge on any atom is -0.362 e. The lowest BCUT2D eigenvalue weighted by molar-refractivity contribution is 0.581. The van der Waals surface area contributed by atoms with E-state index in [1.54, 1.807) is 16.8 Å². The lowest BCUT2D eigenvalue weighted by Crippen LogP contribution is -2.29. The van der Waals surface area contributed by atoms with Crippen molar-refractivity contribution in [2.24, 2.45) is 0 Å². The Labute approximate surface area is 146 Å². The predicted molar refractivity (Wildman–Crippen MR) is 96.6 cm³/mol. The molecule has 4 nitrogen and oxygen atoms in total. The fraction of sp³-hybridized carbons (Fsp3) is 0.375. The van der Waals surface area contributed by atoms with E-state index in [0.29, 0.717) is 21.5 Å². The van der Waals surface area contributed by atoms with Crippen molar-refractivity contribution in [3.8, 4) is 0 Å². The van der Waals surface area contributed by atoms with Gasteiger partial charge in [0.15, 0.2) is 10.9 Å². The molecule has 0 amide bonds. The molecule has 0 aliphatic carbocycles. The third-order valence-corrected chi connectivity index (χ3v) is 4.01. The highest BCUT2D eigenvalue weighted by molar-refractivity contribution is 7.80. The fourth-order valence-electron chi connectivity index (χ4n) is 2.10. The van der Waals surface area contributed by atoms with E-state index in [1.807, 2.05) is 13.0 Å². The molecule has 2 rings (SSSR count). The number of unbranched alkanes of at least 4 members (excludes halogenated alkanes) is 1. The van der Waals surface area contributed by atoms with E-state index < -0.39 is 0 Å². The van der Waals surface area contributed by atoms with Crippen LogP contribution in [0.5, 0.6) is 0 Å². The van der Waals surface area contributed by atoms with Crippen LogP contribution < -0.4 is 10.6 Å². The van der Waals surface area contributed by atoms with Crippen LogP contribution in [-0.4, -0.2) is 21.4 Å². The van der Waals surface area contributed by atoms with E-state index in [2.05, 4.69) is 22.7 Å². The molecule has 0 saturated heterocycles. The molecule has 0 bridgehead atoms. The lowest BCUT2D eigenvalue weighted by atomic mass is 10.2. The number of nitrogens with one attached hydrogen (secondary N) is 2. The smallest absolute Gasteiger partial charge is 0.171 e. The number of hydrogen-bond donors (Lipinski definition) is 2. The Balaban J connectivity index is 2.05. The van der Waals surface area contributed by atoms with Crippen molar-refractivity contribution < 1.29 is 4.39 Å². The molecule has 0 spiro atoms. The maximum absolute atomic E-state index is 13.9. The largest absolute Gasteiger partial charge is 0.362 e. The first-order valence-electron chi connectivity index (χ1n) is 7.53. The summed E-state index contributed by atoms with van der Waals surface area (Å²) in [5, 5.41) is 11.5. The summed E-state index contributed by atoms with van der Waals surface area (Å²) in [4.78, 5) is 0. The summed E-state index contributed by atoms with van der Waals surface area (Å²) < 4.78 is 15.6. The SMILES string of the molecule is CCCCNC(=S)Nc1cc(C)n(Cc2c(F)cccc2Cl)n1. The zero-order valence-electron chi connectivity index (χ0n) is 13.2. The molecule has 0 aliphatic heterocycles. The van der Waals surface area contributed by atoms with Gasteiger partial charge in [0, 0.05) is 28.9 Å². The Bertz CT molecular complexity index is 666. The molecule has 23 heavy (non-hydrogen) atoms. The van der Waals surface area contributed by atoms with Crippen LogP contribution in [0.3, 0.4) is 0 Å². The molecule has 0 fully saturated rings. The number of aryl methyl sites for hydroxylation is 1. The third-order valence-electron chi connectivity index (χ3n) is 3.41. The van der Waals surface area contributed by atoms with E-state index in [0.717, 1.165) is 25.1 Å². The molecule has 1 heterocycles. The van der Waals surface area contributed by atoms with Crippen LogP contribution in [-0.2, 0) is 6.54 Å². The number of hydrogen-bond acceptors (Lipinski definition) is 2. The van der Waals surface area contributed by atoms with Gasteiger partial charge in [0.2, 0.25) is 0 Å². The minimum atomic E-state index is -0.335. The Morgan fingerprint density at radius 3 is 2.91 bits per heavy atom. The van der Waals surface area contributed by atoms with Crippen molar-refractivity contribution in [2.75, 3.05) is 11.9 Å². The second-order valence-corrected chi connectivity index (χ2v) is 6.08. The van der Waals surface area contributed by atoms with Gasteiger partial charge in [-0.05, 0) is 37.7 Å². The quantitative estimate of drug-likeness (QED) is 0.605. The number of benzene rings is 1. The molecule has 2 aromatic rings. The van der Waals surface area contributed by atoms with Gasteiger partial charge in [-0.1, -0.05) is 31.0 Å². The highest BCUT2D eigenvalue weighted by Gasteiger charge is 2.11. The number of thiocarbonyl (C=S) groups is 1. The van der Waals surface area contributed by atoms with Crippen LogP contribution in [0.15, 0.2) is 24.3 Å². The highest BCUT2D eigenvalue weighted by atomic mass is 35.5. The minimum absolute atomic E-state index is 0.273. The van der Waals surface area contributed by atoms with Crippen molar-refractivity contribution in [2.45, 2.75) is 33.2 Å². The molecule has 0 radical (unpaired) electrons. The van der Waals surface area contributed by atoms with Crippen molar-refractivity contribution in [3.63, 3.8) is 0 Å². The van der Waals surface area contributed by atoms with E-state index >= 15 is 0 Å². The van der Waals surface area contributed by atoms with Gasteiger partial charge in [-0.2, -0.15) is 5.10 Å². The van der Waals surface area contributed by atoms with Gasteiger partial charge >= 0.3 is 0 Å². The summed E-state index contributed by atoms with van der Waals surface area (Å²) in [6.07, 6.45) is 2.16. The molecular weight excluding hydrogens is 335 g/mol. The van der Waals surface area contributed by atoms with Crippen LogP contribution in [0.2, 0.25) is 5.02 Å². The molecule has 0 atom stereocenters. The van der Waals surface area contributed by atoms with E-state index in [9.17, 15) is 4.39 Å². The molecular formula is C16H20ClFN4S. The second kappa shape index (κ2) is 8.26. The number of aromatic nitrogens is 2. The van der Waals surface area contributed by atoms with Gasteiger partial charge < -0.3 is 10.6 Å². The summed E-state index contributed by atoms with van der Waals surface area (Å²) in [7, 11) is 0. The average Bonchev–Trinajstić information content (AvgIpc) is 2.83. The number of halogens is 2. The van der Waals surface area contributed by atoms with Crippen LogP contribution in [0.1, 0.15) is 31.0 Å². The first kappa shape index (κ1) is 17.7. The summed E-state index contributed by atoms with van der Waals surface area (Å²) in [5.74, 6) is 0.294. The zero-order chi connectivity index (χ0) is 16.8. The zero-order valence-corrected chi connectivity index (χ0v) is 14.8. The molecule has 2 N–H and O–H groups in total. The molecule has 0 aliphatic rings. The molecule has 124 valence electrons. The maximum atomic E-state index is 13.9. The van der Waals surface area contributed by atoms with E-state index in [1.165, 1.54) is 6.07 Å². The number of nitrogens with zero attached hydrogens (tertiary/aromatic N) is 2. The Morgan fingerprint density at radius 2 is 2.22 bits per heavy atom. The third kappa shape index (κ3) is 4.91. The van der Waals surface area contributed by atoms with Gasteiger partial charge in [0.1, 0.15) is 5.82 Å². The second-order valence-electron chi connectivity index (χ2n) is 5.26. The fourth-order valence-corrected chi connectivity index (χ4v) is 2.53. The first-order chi connectivity index (χ1) is 11.0. The molecule has 1 aromatic carbocycles. The lowest BCUT2D eigenvalue weighted by Gasteiger charge is -2.08. The monoisotopic (exact) mass is 354 g/mol. The Morgan fingerprint density at radius 1 is 1.43 bits per heavy atom. The summed E-state index contributed by atoms with van der Waals surface area (Å²) in [5.41, 5.74) is 1.32. The van der Waals surface area contributed by atoms with Crippen LogP contribution in [0.4, 0.5) is 10.2 Å². The van der Waals surface area contributed by atoms with Crippen molar-refractivity contribution in [1.82, 2.24) is 15.1 Å². The van der Waals surface area contributed by atoms with Crippen molar-refractivity contribution in [3.05, 3.63) is 46.4 Å². The highest BCUT2D eigenvalue weighted by Crippen LogP contribution is 2.21. The normalized spacial score (nSPS) is 10.6. The van der Waals surface area contributed by atoms with Crippen molar-refractivity contribution in [1.29, 1.82) is 0 Å². The number of rotatable bonds is 6. The van der Waals surface area contributed by atoms with Crippen LogP contribution >= 0.6 is 23.8 Å². The van der Waals surface area contributed by atoms with E-state index in [4.69, 9.17) is 23.8 Å². The summed E-state index contributed by atoms with van der Waals surface area (Å²) in [6, 6.07) is 6.52. The Hall–Kier alpha value is -1.66. The van der Waals surface area contributed by atoms with Gasteiger partial charge in [0.05, 0.1) is 6.54 Å². The standard InChI is InChI=1S/C16H20ClFN4S/c1-3-4-8-19-16(23)20-15-9-11(2)22(21-15)10-12-13(17)6-5-7-14(12)18/h5-7,9H,3-4,8,10H2,1-2H3,(H2,19,20,21,23). The summed E-state index contributed by atoms with van der Waals surface area (Å²) >= 11 is 11.3. The van der Waals surface area contributed by atoms with Crippen molar-refractivity contribution >= 4 is 34.7 Å². The average molecular weight is 355 g/mol. The Kier molecular flexibility index (Phi) is 6.36. The van der Waals surface area contributed by atoms with Gasteiger partial charge in [-0.25, -0.2) is 4.39 Å². The topological polar surface area (TPSA) is 41.9 Å².